The van der Waals surface area contributed by atoms with Crippen LogP contribution in [-0.4, -0.2) is 60.2 Å². The number of hydrogen-bond acceptors (Lipinski definition) is 6. The van der Waals surface area contributed by atoms with Gasteiger partial charge in [0.15, 0.2) is 0 Å². The van der Waals surface area contributed by atoms with Crippen LogP contribution in [0.5, 0.6) is 5.88 Å². The van der Waals surface area contributed by atoms with E-state index < -0.39 is 0 Å². The second kappa shape index (κ2) is 8.41. The number of rotatable bonds is 7. The SMILES string of the molecule is CCCOc1ccnc(NCCC(=O)N2CCOCC2)n1. The van der Waals surface area contributed by atoms with Crippen molar-refractivity contribution >= 4 is 11.9 Å². The molecule has 1 N–H and O–H groups in total. The summed E-state index contributed by atoms with van der Waals surface area (Å²) in [5, 5.41) is 3.05. The minimum Gasteiger partial charge on any atom is -0.478 e. The predicted molar refractivity (Wildman–Crippen MR) is 78.3 cm³/mol. The van der Waals surface area contributed by atoms with E-state index >= 15 is 0 Å². The van der Waals surface area contributed by atoms with E-state index in [9.17, 15) is 4.79 Å². The average Bonchev–Trinajstić information content (AvgIpc) is 2.54. The molecule has 1 saturated heterocycles. The zero-order valence-corrected chi connectivity index (χ0v) is 12.4. The average molecular weight is 294 g/mol. The molecule has 0 bridgehead atoms. The normalized spacial score (nSPS) is 14.8. The third kappa shape index (κ3) is 5.18. The highest BCUT2D eigenvalue weighted by molar-refractivity contribution is 5.76. The molecule has 0 spiro atoms. The van der Waals surface area contributed by atoms with Crippen LogP contribution < -0.4 is 10.1 Å². The quantitative estimate of drug-likeness (QED) is 0.806. The Morgan fingerprint density at radius 1 is 1.48 bits per heavy atom. The van der Waals surface area contributed by atoms with Crippen molar-refractivity contribution in [3.63, 3.8) is 0 Å². The second-order valence-corrected chi connectivity index (χ2v) is 4.74. The monoisotopic (exact) mass is 294 g/mol. The van der Waals surface area contributed by atoms with E-state index in [0.717, 1.165) is 6.42 Å². The maximum absolute atomic E-state index is 12.0. The Labute approximate surface area is 124 Å². The van der Waals surface area contributed by atoms with Crippen molar-refractivity contribution in [3.05, 3.63) is 12.3 Å². The van der Waals surface area contributed by atoms with Crippen LogP contribution in [0.25, 0.3) is 0 Å². The summed E-state index contributed by atoms with van der Waals surface area (Å²) in [6.45, 7) is 5.78. The van der Waals surface area contributed by atoms with Crippen molar-refractivity contribution in [2.75, 3.05) is 44.8 Å². The van der Waals surface area contributed by atoms with Crippen molar-refractivity contribution in [3.8, 4) is 5.88 Å². The first-order valence-electron chi connectivity index (χ1n) is 7.35. The summed E-state index contributed by atoms with van der Waals surface area (Å²) < 4.78 is 10.7. The molecule has 2 rings (SSSR count). The van der Waals surface area contributed by atoms with Gasteiger partial charge in [-0.15, -0.1) is 0 Å². The zero-order chi connectivity index (χ0) is 14.9. The lowest BCUT2D eigenvalue weighted by Gasteiger charge is -2.26. The van der Waals surface area contributed by atoms with Gasteiger partial charge in [0.05, 0.1) is 19.8 Å². The number of nitrogens with zero attached hydrogens (tertiary/aromatic N) is 3. The molecular formula is C14H22N4O3. The van der Waals surface area contributed by atoms with Crippen LogP contribution in [0.15, 0.2) is 12.3 Å². The summed E-state index contributed by atoms with van der Waals surface area (Å²) in [6.07, 6.45) is 2.99. The Balaban J connectivity index is 1.73. The van der Waals surface area contributed by atoms with E-state index in [1.807, 2.05) is 11.8 Å². The lowest BCUT2D eigenvalue weighted by molar-refractivity contribution is -0.134. The maximum atomic E-state index is 12.0. The van der Waals surface area contributed by atoms with Crippen molar-refractivity contribution in [1.82, 2.24) is 14.9 Å². The van der Waals surface area contributed by atoms with Gasteiger partial charge in [-0.05, 0) is 6.42 Å². The number of amides is 1. The molecule has 0 unspecified atom stereocenters. The summed E-state index contributed by atoms with van der Waals surface area (Å²) >= 11 is 0. The molecule has 0 aliphatic carbocycles. The summed E-state index contributed by atoms with van der Waals surface area (Å²) in [6, 6.07) is 1.72. The van der Waals surface area contributed by atoms with E-state index in [-0.39, 0.29) is 5.91 Å². The highest BCUT2D eigenvalue weighted by atomic mass is 16.5. The Bertz CT molecular complexity index is 450. The van der Waals surface area contributed by atoms with Crippen molar-refractivity contribution in [2.24, 2.45) is 0 Å². The maximum Gasteiger partial charge on any atom is 0.225 e. The fourth-order valence-corrected chi connectivity index (χ4v) is 1.97. The van der Waals surface area contributed by atoms with Gasteiger partial charge < -0.3 is 19.7 Å². The molecule has 116 valence electrons. The van der Waals surface area contributed by atoms with Gasteiger partial charge in [-0.25, -0.2) is 4.98 Å². The summed E-state index contributed by atoms with van der Waals surface area (Å²) in [7, 11) is 0. The number of nitrogens with one attached hydrogen (secondary N) is 1. The Kier molecular flexibility index (Phi) is 6.21. The van der Waals surface area contributed by atoms with Gasteiger partial charge >= 0.3 is 0 Å². The lowest BCUT2D eigenvalue weighted by Crippen LogP contribution is -2.41. The topological polar surface area (TPSA) is 76.6 Å². The first kappa shape index (κ1) is 15.5. The van der Waals surface area contributed by atoms with E-state index in [2.05, 4.69) is 15.3 Å². The van der Waals surface area contributed by atoms with E-state index in [1.165, 1.54) is 0 Å². The van der Waals surface area contributed by atoms with Gasteiger partial charge in [-0.2, -0.15) is 4.98 Å². The minimum absolute atomic E-state index is 0.129. The number of anilines is 1. The number of ether oxygens (including phenoxy) is 2. The number of carbonyl (C=O) groups is 1. The third-order valence-electron chi connectivity index (χ3n) is 3.07. The molecule has 1 aliphatic rings. The summed E-state index contributed by atoms with van der Waals surface area (Å²) in [5.41, 5.74) is 0. The molecule has 2 heterocycles. The van der Waals surface area contributed by atoms with E-state index in [1.54, 1.807) is 12.3 Å². The predicted octanol–water partition coefficient (Wildman–Crippen LogP) is 0.926. The first-order chi connectivity index (χ1) is 10.3. The Morgan fingerprint density at radius 3 is 3.05 bits per heavy atom. The van der Waals surface area contributed by atoms with Crippen LogP contribution in [-0.2, 0) is 9.53 Å². The molecule has 1 aromatic heterocycles. The fourth-order valence-electron chi connectivity index (χ4n) is 1.97. The lowest BCUT2D eigenvalue weighted by atomic mass is 10.3. The molecule has 0 atom stereocenters. The zero-order valence-electron chi connectivity index (χ0n) is 12.4. The number of carbonyl (C=O) groups excluding carboxylic acids is 1. The van der Waals surface area contributed by atoms with Crippen LogP contribution in [0.1, 0.15) is 19.8 Å². The van der Waals surface area contributed by atoms with Crippen LogP contribution in [0.3, 0.4) is 0 Å². The summed E-state index contributed by atoms with van der Waals surface area (Å²) in [5.74, 6) is 1.16. The molecule has 0 aromatic carbocycles. The van der Waals surface area contributed by atoms with Gasteiger partial charge in [0.1, 0.15) is 0 Å². The third-order valence-corrected chi connectivity index (χ3v) is 3.07. The van der Waals surface area contributed by atoms with Gasteiger partial charge in [0, 0.05) is 38.3 Å². The molecule has 1 aliphatic heterocycles. The first-order valence-corrected chi connectivity index (χ1v) is 7.35. The van der Waals surface area contributed by atoms with Crippen LogP contribution >= 0.6 is 0 Å². The number of hydrogen-bond donors (Lipinski definition) is 1. The van der Waals surface area contributed by atoms with E-state index in [4.69, 9.17) is 9.47 Å². The van der Waals surface area contributed by atoms with Gasteiger partial charge in [0.25, 0.3) is 0 Å². The second-order valence-electron chi connectivity index (χ2n) is 4.74. The molecule has 1 aromatic rings. The van der Waals surface area contributed by atoms with Gasteiger partial charge in [0.2, 0.25) is 17.7 Å². The molecule has 7 nitrogen and oxygen atoms in total. The molecule has 21 heavy (non-hydrogen) atoms. The number of aromatic nitrogens is 2. The Hall–Kier alpha value is -1.89. The largest absolute Gasteiger partial charge is 0.478 e. The molecular weight excluding hydrogens is 272 g/mol. The molecule has 0 radical (unpaired) electrons. The molecule has 0 saturated carbocycles. The van der Waals surface area contributed by atoms with Gasteiger partial charge in [-0.1, -0.05) is 6.92 Å². The molecule has 1 fully saturated rings. The highest BCUT2D eigenvalue weighted by Gasteiger charge is 2.16. The standard InChI is InChI=1S/C14H22N4O3/c1-2-9-21-12-3-5-15-14(17-12)16-6-4-13(19)18-7-10-20-11-8-18/h3,5H,2,4,6-11H2,1H3,(H,15,16,17). The van der Waals surface area contributed by atoms with E-state index in [0.29, 0.717) is 57.7 Å². The van der Waals surface area contributed by atoms with Crippen molar-refractivity contribution < 1.29 is 14.3 Å². The van der Waals surface area contributed by atoms with Crippen LogP contribution in [0.2, 0.25) is 0 Å². The smallest absolute Gasteiger partial charge is 0.225 e. The van der Waals surface area contributed by atoms with Gasteiger partial charge in [-0.3, -0.25) is 4.79 Å². The minimum atomic E-state index is 0.129. The fraction of sp³-hybridized carbons (Fsp3) is 0.643. The number of morpholine rings is 1. The summed E-state index contributed by atoms with van der Waals surface area (Å²) in [4.78, 5) is 22.1. The Morgan fingerprint density at radius 2 is 2.29 bits per heavy atom. The van der Waals surface area contributed by atoms with Crippen LogP contribution in [0.4, 0.5) is 5.95 Å². The van der Waals surface area contributed by atoms with Crippen molar-refractivity contribution in [2.45, 2.75) is 19.8 Å². The van der Waals surface area contributed by atoms with Crippen molar-refractivity contribution in [1.29, 1.82) is 0 Å². The highest BCUT2D eigenvalue weighted by Crippen LogP contribution is 2.09. The molecule has 7 heteroatoms. The van der Waals surface area contributed by atoms with Crippen LogP contribution in [0, 0.1) is 0 Å². The molecule has 1 amide bonds.